The van der Waals surface area contributed by atoms with Gasteiger partial charge in [-0.1, -0.05) is 0 Å². The third kappa shape index (κ3) is 2.10. The zero-order valence-corrected chi connectivity index (χ0v) is 10.5. The molecule has 17 heavy (non-hydrogen) atoms. The number of carboxylic acids is 1. The van der Waals surface area contributed by atoms with Crippen molar-refractivity contribution in [2.75, 3.05) is 0 Å². The lowest BCUT2D eigenvalue weighted by Gasteiger charge is -2.44. The van der Waals surface area contributed by atoms with Crippen LogP contribution in [0.15, 0.2) is 0 Å². The van der Waals surface area contributed by atoms with Crippen molar-refractivity contribution in [3.05, 3.63) is 0 Å². The molecule has 2 N–H and O–H groups in total. The number of hydrogen-bond donors (Lipinski definition) is 2. The normalized spacial score (nSPS) is 35.0. The van der Waals surface area contributed by atoms with Crippen molar-refractivity contribution in [3.8, 4) is 0 Å². The standard InChI is InChI=1S/C12H19NO4/c1-10(2,3)17-9(16)13-12-5-4-11(6-12,7-12)8(14)15/h4-7H2,1-3H3,(H,13,16)(H,14,15). The first kappa shape index (κ1) is 12.2. The topological polar surface area (TPSA) is 75.6 Å². The lowest BCUT2D eigenvalue weighted by molar-refractivity contribution is -0.154. The minimum atomic E-state index is -0.739. The van der Waals surface area contributed by atoms with E-state index in [1.165, 1.54) is 0 Å². The quantitative estimate of drug-likeness (QED) is 0.774. The lowest BCUT2D eigenvalue weighted by atomic mass is 9.65. The molecule has 5 nitrogen and oxygen atoms in total. The molecule has 2 bridgehead atoms. The maximum Gasteiger partial charge on any atom is 0.408 e. The van der Waals surface area contributed by atoms with Crippen LogP contribution in [0.4, 0.5) is 4.79 Å². The molecule has 0 aliphatic heterocycles. The number of aliphatic carboxylic acids is 1. The van der Waals surface area contributed by atoms with Crippen molar-refractivity contribution < 1.29 is 19.4 Å². The van der Waals surface area contributed by atoms with Gasteiger partial charge in [0.15, 0.2) is 0 Å². The Morgan fingerprint density at radius 1 is 1.24 bits per heavy atom. The predicted octanol–water partition coefficient (Wildman–Crippen LogP) is 1.91. The summed E-state index contributed by atoms with van der Waals surface area (Å²) in [5.41, 5.74) is -1.44. The number of carboxylic acid groups (broad SMARTS) is 1. The van der Waals surface area contributed by atoms with Crippen LogP contribution in [-0.2, 0) is 9.53 Å². The van der Waals surface area contributed by atoms with Gasteiger partial charge in [0.25, 0.3) is 0 Å². The summed E-state index contributed by atoms with van der Waals surface area (Å²) < 4.78 is 5.19. The van der Waals surface area contributed by atoms with E-state index >= 15 is 0 Å². The molecule has 0 spiro atoms. The van der Waals surface area contributed by atoms with Crippen LogP contribution in [0, 0.1) is 5.41 Å². The van der Waals surface area contributed by atoms with Crippen LogP contribution in [0.25, 0.3) is 0 Å². The molecule has 3 aliphatic carbocycles. The first-order chi connectivity index (χ1) is 7.67. The Labute approximate surface area is 101 Å². The molecule has 0 aromatic heterocycles. The van der Waals surface area contributed by atoms with E-state index in [1.807, 2.05) is 0 Å². The monoisotopic (exact) mass is 241 g/mol. The fourth-order valence-electron chi connectivity index (χ4n) is 3.00. The van der Waals surface area contributed by atoms with E-state index in [2.05, 4.69) is 5.32 Å². The number of fused-ring (bicyclic) bond motifs is 1. The highest BCUT2D eigenvalue weighted by atomic mass is 16.6. The SMILES string of the molecule is CC(C)(C)OC(=O)NC12CCC(C(=O)O)(C1)C2. The summed E-state index contributed by atoms with van der Waals surface area (Å²) in [5, 5.41) is 11.9. The molecule has 3 rings (SSSR count). The summed E-state index contributed by atoms with van der Waals surface area (Å²) in [6.45, 7) is 5.42. The molecular weight excluding hydrogens is 222 g/mol. The molecule has 5 heteroatoms. The number of carbonyl (C=O) groups is 2. The fraction of sp³-hybridized carbons (Fsp3) is 0.833. The predicted molar refractivity (Wildman–Crippen MR) is 60.6 cm³/mol. The van der Waals surface area contributed by atoms with Crippen molar-refractivity contribution in [1.82, 2.24) is 5.32 Å². The van der Waals surface area contributed by atoms with Crippen molar-refractivity contribution in [1.29, 1.82) is 0 Å². The van der Waals surface area contributed by atoms with Crippen LogP contribution in [-0.4, -0.2) is 28.3 Å². The van der Waals surface area contributed by atoms with Crippen LogP contribution in [0.2, 0.25) is 0 Å². The Morgan fingerprint density at radius 2 is 1.82 bits per heavy atom. The molecule has 0 aromatic rings. The second-order valence-corrected chi connectivity index (χ2v) is 6.35. The number of hydrogen-bond acceptors (Lipinski definition) is 3. The first-order valence-electron chi connectivity index (χ1n) is 5.91. The molecule has 0 unspecified atom stereocenters. The molecule has 0 radical (unpaired) electrons. The minimum absolute atomic E-state index is 0.333. The van der Waals surface area contributed by atoms with Crippen molar-refractivity contribution in [2.45, 2.75) is 57.6 Å². The minimum Gasteiger partial charge on any atom is -0.481 e. The van der Waals surface area contributed by atoms with Crippen LogP contribution in [0.1, 0.15) is 46.5 Å². The van der Waals surface area contributed by atoms with Gasteiger partial charge in [0.2, 0.25) is 0 Å². The zero-order valence-electron chi connectivity index (χ0n) is 10.5. The van der Waals surface area contributed by atoms with Crippen molar-refractivity contribution in [3.63, 3.8) is 0 Å². The molecule has 3 saturated carbocycles. The Balaban J connectivity index is 1.91. The molecule has 0 heterocycles. The molecule has 0 atom stereocenters. The number of carbonyl (C=O) groups excluding carboxylic acids is 1. The number of nitrogens with one attached hydrogen (secondary N) is 1. The van der Waals surface area contributed by atoms with Gasteiger partial charge in [-0.3, -0.25) is 4.79 Å². The molecule has 0 saturated heterocycles. The molecule has 3 fully saturated rings. The Kier molecular flexibility index (Phi) is 2.42. The van der Waals surface area contributed by atoms with Gasteiger partial charge in [-0.15, -0.1) is 0 Å². The van der Waals surface area contributed by atoms with Crippen LogP contribution >= 0.6 is 0 Å². The summed E-state index contributed by atoms with van der Waals surface area (Å²) >= 11 is 0. The smallest absolute Gasteiger partial charge is 0.408 e. The Bertz CT molecular complexity index is 363. The van der Waals surface area contributed by atoms with Crippen molar-refractivity contribution in [2.24, 2.45) is 5.41 Å². The first-order valence-corrected chi connectivity index (χ1v) is 5.91. The third-order valence-corrected chi connectivity index (χ3v) is 3.66. The summed E-state index contributed by atoms with van der Waals surface area (Å²) in [6.07, 6.45) is 2.01. The molecule has 0 aromatic carbocycles. The largest absolute Gasteiger partial charge is 0.481 e. The van der Waals surface area contributed by atoms with Crippen LogP contribution < -0.4 is 5.32 Å². The zero-order chi connectivity index (χ0) is 12.9. The second-order valence-electron chi connectivity index (χ2n) is 6.35. The molecule has 96 valence electrons. The number of ether oxygens (including phenoxy) is 1. The Morgan fingerprint density at radius 3 is 2.24 bits per heavy atom. The summed E-state index contributed by atoms with van der Waals surface area (Å²) in [6, 6.07) is 0. The van der Waals surface area contributed by atoms with Gasteiger partial charge < -0.3 is 15.2 Å². The van der Waals surface area contributed by atoms with E-state index in [-0.39, 0.29) is 5.54 Å². The fourth-order valence-corrected chi connectivity index (χ4v) is 3.00. The van der Waals surface area contributed by atoms with E-state index < -0.39 is 23.1 Å². The van der Waals surface area contributed by atoms with Crippen molar-refractivity contribution >= 4 is 12.1 Å². The average Bonchev–Trinajstić information content (AvgIpc) is 2.54. The van der Waals surface area contributed by atoms with Gasteiger partial charge in [-0.25, -0.2) is 4.79 Å². The van der Waals surface area contributed by atoms with E-state index in [1.54, 1.807) is 20.8 Å². The second kappa shape index (κ2) is 3.37. The van der Waals surface area contributed by atoms with Gasteiger partial charge >= 0.3 is 12.1 Å². The van der Waals surface area contributed by atoms with E-state index in [0.29, 0.717) is 19.3 Å². The van der Waals surface area contributed by atoms with Gasteiger partial charge in [-0.05, 0) is 46.5 Å². The van der Waals surface area contributed by atoms with Gasteiger partial charge in [0.1, 0.15) is 5.60 Å². The van der Waals surface area contributed by atoms with Crippen LogP contribution in [0.3, 0.4) is 0 Å². The van der Waals surface area contributed by atoms with Gasteiger partial charge in [0.05, 0.1) is 5.41 Å². The number of alkyl carbamates (subject to hydrolysis) is 1. The third-order valence-electron chi connectivity index (χ3n) is 3.66. The lowest BCUT2D eigenvalue weighted by Crippen LogP contribution is -2.58. The number of rotatable bonds is 2. The maximum atomic E-state index is 11.6. The highest BCUT2D eigenvalue weighted by Crippen LogP contribution is 2.61. The van der Waals surface area contributed by atoms with E-state index in [0.717, 1.165) is 6.42 Å². The van der Waals surface area contributed by atoms with Crippen LogP contribution in [0.5, 0.6) is 0 Å². The van der Waals surface area contributed by atoms with Gasteiger partial charge in [0, 0.05) is 5.54 Å². The summed E-state index contributed by atoms with van der Waals surface area (Å²) in [7, 11) is 0. The van der Waals surface area contributed by atoms with E-state index in [4.69, 9.17) is 9.84 Å². The average molecular weight is 241 g/mol. The maximum absolute atomic E-state index is 11.6. The van der Waals surface area contributed by atoms with E-state index in [9.17, 15) is 9.59 Å². The molecular formula is C12H19NO4. The number of amides is 1. The van der Waals surface area contributed by atoms with Gasteiger partial charge in [-0.2, -0.15) is 0 Å². The summed E-state index contributed by atoms with van der Waals surface area (Å²) in [4.78, 5) is 22.7. The highest BCUT2D eigenvalue weighted by molar-refractivity contribution is 5.79. The molecule has 1 amide bonds. The Hall–Kier alpha value is -1.26. The molecule has 3 aliphatic rings. The summed E-state index contributed by atoms with van der Waals surface area (Å²) in [5.74, 6) is -0.739. The highest BCUT2D eigenvalue weighted by Gasteiger charge is 2.65.